The molecule has 0 heterocycles. The predicted octanol–water partition coefficient (Wildman–Crippen LogP) is 3.67. The smallest absolute Gasteiger partial charge is 0.119 e. The maximum Gasteiger partial charge on any atom is 0.119 e. The number of methoxy groups -OCH3 is 1. The Bertz CT molecular complexity index is 381. The lowest BCUT2D eigenvalue weighted by Gasteiger charge is -2.37. The molecule has 1 aromatic carbocycles. The van der Waals surface area contributed by atoms with Crippen molar-refractivity contribution in [3.05, 3.63) is 29.8 Å². The fraction of sp³-hybridized carbons (Fsp3) is 0.625. The van der Waals surface area contributed by atoms with Crippen molar-refractivity contribution in [1.29, 1.82) is 0 Å². The molecule has 0 unspecified atom stereocenters. The SMILES string of the molecule is CC[C@](C)(c1cccc(OC)c1)[C@@H](C)CN(C)C.S. The van der Waals surface area contributed by atoms with Crippen LogP contribution >= 0.6 is 13.5 Å². The van der Waals surface area contributed by atoms with Gasteiger partial charge in [-0.05, 0) is 49.5 Å². The lowest BCUT2D eigenvalue weighted by atomic mass is 9.70. The maximum atomic E-state index is 5.34. The van der Waals surface area contributed by atoms with Crippen LogP contribution in [0.1, 0.15) is 32.8 Å². The zero-order valence-electron chi connectivity index (χ0n) is 13.2. The van der Waals surface area contributed by atoms with Gasteiger partial charge < -0.3 is 9.64 Å². The highest BCUT2D eigenvalue weighted by Crippen LogP contribution is 2.37. The van der Waals surface area contributed by atoms with E-state index in [1.54, 1.807) is 7.11 Å². The fourth-order valence-electron chi connectivity index (χ4n) is 2.56. The Morgan fingerprint density at radius 1 is 1.32 bits per heavy atom. The van der Waals surface area contributed by atoms with Gasteiger partial charge in [-0.1, -0.05) is 32.9 Å². The molecule has 0 saturated heterocycles. The molecule has 0 aromatic heterocycles. The lowest BCUT2D eigenvalue weighted by Crippen LogP contribution is -2.36. The van der Waals surface area contributed by atoms with E-state index in [-0.39, 0.29) is 18.9 Å². The van der Waals surface area contributed by atoms with E-state index in [1.807, 2.05) is 6.07 Å². The lowest BCUT2D eigenvalue weighted by molar-refractivity contribution is 0.230. The van der Waals surface area contributed by atoms with Gasteiger partial charge in [-0.15, -0.1) is 0 Å². The highest BCUT2D eigenvalue weighted by Gasteiger charge is 2.31. The normalized spacial score (nSPS) is 15.5. The summed E-state index contributed by atoms with van der Waals surface area (Å²) in [6.07, 6.45) is 1.13. The number of benzene rings is 1. The van der Waals surface area contributed by atoms with Crippen molar-refractivity contribution in [2.24, 2.45) is 5.92 Å². The third-order valence-corrected chi connectivity index (χ3v) is 4.19. The van der Waals surface area contributed by atoms with Crippen LogP contribution in [0.2, 0.25) is 0 Å². The molecule has 3 heteroatoms. The number of ether oxygens (including phenoxy) is 1. The quantitative estimate of drug-likeness (QED) is 0.790. The van der Waals surface area contributed by atoms with Crippen LogP contribution in [0, 0.1) is 5.92 Å². The number of rotatable bonds is 6. The zero-order valence-corrected chi connectivity index (χ0v) is 14.2. The van der Waals surface area contributed by atoms with E-state index >= 15 is 0 Å². The molecular weight excluding hydrogens is 254 g/mol. The highest BCUT2D eigenvalue weighted by molar-refractivity contribution is 7.59. The first kappa shape index (κ1) is 18.3. The van der Waals surface area contributed by atoms with Crippen molar-refractivity contribution < 1.29 is 4.74 Å². The molecule has 19 heavy (non-hydrogen) atoms. The van der Waals surface area contributed by atoms with Gasteiger partial charge in [0, 0.05) is 6.54 Å². The van der Waals surface area contributed by atoms with Crippen molar-refractivity contribution in [3.63, 3.8) is 0 Å². The van der Waals surface area contributed by atoms with E-state index in [4.69, 9.17) is 4.74 Å². The van der Waals surface area contributed by atoms with Crippen molar-refractivity contribution in [2.75, 3.05) is 27.7 Å². The topological polar surface area (TPSA) is 12.5 Å². The van der Waals surface area contributed by atoms with Crippen LogP contribution in [-0.2, 0) is 5.41 Å². The van der Waals surface area contributed by atoms with Gasteiger partial charge in [-0.3, -0.25) is 0 Å². The van der Waals surface area contributed by atoms with Crippen LogP contribution in [0.15, 0.2) is 24.3 Å². The van der Waals surface area contributed by atoms with Crippen LogP contribution in [0.25, 0.3) is 0 Å². The molecule has 110 valence electrons. The summed E-state index contributed by atoms with van der Waals surface area (Å²) in [6, 6.07) is 8.49. The molecule has 0 N–H and O–H groups in total. The van der Waals surface area contributed by atoms with Crippen LogP contribution < -0.4 is 4.74 Å². The molecular formula is C16H29NOS. The van der Waals surface area contributed by atoms with Crippen LogP contribution in [0.3, 0.4) is 0 Å². The molecule has 0 radical (unpaired) electrons. The second-order valence-electron chi connectivity index (χ2n) is 5.67. The Morgan fingerprint density at radius 3 is 2.42 bits per heavy atom. The van der Waals surface area contributed by atoms with Gasteiger partial charge in [-0.2, -0.15) is 13.5 Å². The van der Waals surface area contributed by atoms with Gasteiger partial charge in [0.1, 0.15) is 5.75 Å². The van der Waals surface area contributed by atoms with Gasteiger partial charge >= 0.3 is 0 Å². The maximum absolute atomic E-state index is 5.34. The summed E-state index contributed by atoms with van der Waals surface area (Å²) >= 11 is 0. The number of nitrogens with zero attached hydrogens (tertiary/aromatic N) is 1. The molecule has 0 aliphatic heterocycles. The van der Waals surface area contributed by atoms with Crippen molar-refractivity contribution in [3.8, 4) is 5.75 Å². The molecule has 0 spiro atoms. The molecule has 0 aliphatic carbocycles. The van der Waals surface area contributed by atoms with Crippen molar-refractivity contribution >= 4 is 13.5 Å². The summed E-state index contributed by atoms with van der Waals surface area (Å²) in [5.41, 5.74) is 1.57. The van der Waals surface area contributed by atoms with E-state index in [2.05, 4.69) is 58.0 Å². The third kappa shape index (κ3) is 4.43. The van der Waals surface area contributed by atoms with E-state index in [1.165, 1.54) is 5.56 Å². The Hall–Kier alpha value is -0.670. The molecule has 2 nitrogen and oxygen atoms in total. The number of hydrogen-bond donors (Lipinski definition) is 0. The second kappa shape index (κ2) is 7.81. The Labute approximate surface area is 125 Å². The summed E-state index contributed by atoms with van der Waals surface area (Å²) in [5.74, 6) is 1.55. The Kier molecular flexibility index (Phi) is 7.53. The summed E-state index contributed by atoms with van der Waals surface area (Å²) in [4.78, 5) is 2.26. The molecule has 1 rings (SSSR count). The van der Waals surface area contributed by atoms with Crippen molar-refractivity contribution in [1.82, 2.24) is 4.90 Å². The Balaban J connectivity index is 0.00000324. The minimum atomic E-state index is 0. The molecule has 0 fully saturated rings. The minimum Gasteiger partial charge on any atom is -0.497 e. The van der Waals surface area contributed by atoms with Gasteiger partial charge in [0.25, 0.3) is 0 Å². The van der Waals surface area contributed by atoms with Gasteiger partial charge in [0.05, 0.1) is 7.11 Å². The molecule has 0 aliphatic rings. The van der Waals surface area contributed by atoms with E-state index in [9.17, 15) is 0 Å². The first-order valence-electron chi connectivity index (χ1n) is 6.73. The second-order valence-corrected chi connectivity index (χ2v) is 5.67. The van der Waals surface area contributed by atoms with E-state index in [0.29, 0.717) is 5.92 Å². The first-order valence-corrected chi connectivity index (χ1v) is 6.73. The summed E-state index contributed by atoms with van der Waals surface area (Å²) < 4.78 is 5.34. The molecule has 2 atom stereocenters. The van der Waals surface area contributed by atoms with Gasteiger partial charge in [0.15, 0.2) is 0 Å². The first-order chi connectivity index (χ1) is 8.43. The van der Waals surface area contributed by atoms with Crippen molar-refractivity contribution in [2.45, 2.75) is 32.6 Å². The zero-order chi connectivity index (χ0) is 13.8. The van der Waals surface area contributed by atoms with Crippen LogP contribution in [0.5, 0.6) is 5.75 Å². The Morgan fingerprint density at radius 2 is 1.95 bits per heavy atom. The average molecular weight is 283 g/mol. The summed E-state index contributed by atoms with van der Waals surface area (Å²) in [7, 11) is 6.00. The summed E-state index contributed by atoms with van der Waals surface area (Å²) in [6.45, 7) is 8.06. The molecule has 0 bridgehead atoms. The highest BCUT2D eigenvalue weighted by atomic mass is 32.1. The number of hydrogen-bond acceptors (Lipinski definition) is 2. The monoisotopic (exact) mass is 283 g/mol. The third-order valence-electron chi connectivity index (χ3n) is 4.19. The fourth-order valence-corrected chi connectivity index (χ4v) is 2.56. The summed E-state index contributed by atoms with van der Waals surface area (Å²) in [5, 5.41) is 0. The standard InChI is InChI=1S/C16H27NO.H2S/c1-7-16(3,13(2)12-17(4)5)14-9-8-10-15(11-14)18-6;/h8-11,13H,7,12H2,1-6H3;1H2/t13-,16-;/m0./s1. The average Bonchev–Trinajstić information content (AvgIpc) is 2.37. The molecule has 0 saturated carbocycles. The van der Waals surface area contributed by atoms with E-state index in [0.717, 1.165) is 18.7 Å². The van der Waals surface area contributed by atoms with Crippen LogP contribution in [-0.4, -0.2) is 32.6 Å². The molecule has 0 amide bonds. The van der Waals surface area contributed by atoms with E-state index < -0.39 is 0 Å². The van der Waals surface area contributed by atoms with Gasteiger partial charge in [0.2, 0.25) is 0 Å². The van der Waals surface area contributed by atoms with Crippen LogP contribution in [0.4, 0.5) is 0 Å². The largest absolute Gasteiger partial charge is 0.497 e. The predicted molar refractivity (Wildman–Crippen MR) is 88.7 cm³/mol. The molecule has 1 aromatic rings. The minimum absolute atomic E-state index is 0. The van der Waals surface area contributed by atoms with Gasteiger partial charge in [-0.25, -0.2) is 0 Å².